The van der Waals surface area contributed by atoms with Crippen LogP contribution in [0, 0.1) is 42.7 Å². The van der Waals surface area contributed by atoms with Gasteiger partial charge in [0.2, 0.25) is 29.1 Å². The molecule has 4 aromatic heterocycles. The third kappa shape index (κ3) is 10.1. The van der Waals surface area contributed by atoms with Crippen LogP contribution in [-0.2, 0) is 51.5 Å². The van der Waals surface area contributed by atoms with Gasteiger partial charge in [0.15, 0.2) is 5.78 Å². The van der Waals surface area contributed by atoms with E-state index in [1.807, 2.05) is 26.1 Å². The molecule has 0 amide bonds. The second-order valence-electron chi connectivity index (χ2n) is 23.4. The number of hydrogen-bond acceptors (Lipinski definition) is 15. The maximum atomic E-state index is 12.5. The monoisotopic (exact) mass is 1070 g/mol. The minimum atomic E-state index is -0.544. The van der Waals surface area contributed by atoms with Gasteiger partial charge in [-0.05, 0) is 101 Å². The van der Waals surface area contributed by atoms with Crippen LogP contribution in [0.4, 0.5) is 0 Å². The van der Waals surface area contributed by atoms with Crippen molar-refractivity contribution in [2.75, 3.05) is 28.4 Å². The smallest absolute Gasteiger partial charge is 0.282 e. The van der Waals surface area contributed by atoms with Crippen molar-refractivity contribution in [2.24, 2.45) is 29.6 Å². The van der Waals surface area contributed by atoms with Gasteiger partial charge in [-0.25, -0.2) is 31.8 Å². The second-order valence-corrected chi connectivity index (χ2v) is 23.4. The van der Waals surface area contributed by atoms with Gasteiger partial charge in [-0.1, -0.05) is 75.0 Å². The van der Waals surface area contributed by atoms with Crippen LogP contribution < -0.4 is 19.7 Å². The number of ether oxygens (including phenoxy) is 3. The maximum Gasteiger partial charge on any atom is 0.282 e. The molecule has 0 radical (unpaired) electrons. The van der Waals surface area contributed by atoms with Gasteiger partial charge in [0.1, 0.15) is 23.2 Å². The number of methoxy groups -OCH3 is 3. The number of hydrogen-bond donors (Lipinski definition) is 2. The molecular formula is C61H84N10O7. The number of rotatable bonds is 6. The molecule has 0 bridgehead atoms. The molecule has 420 valence electrons. The van der Waals surface area contributed by atoms with E-state index in [0.29, 0.717) is 47.8 Å². The number of fused-ring (bicyclic) bond motifs is 10. The van der Waals surface area contributed by atoms with Gasteiger partial charge in [0.05, 0.1) is 51.2 Å². The van der Waals surface area contributed by atoms with Gasteiger partial charge < -0.3 is 33.6 Å². The highest BCUT2D eigenvalue weighted by Gasteiger charge is 2.57. The fourth-order valence-corrected chi connectivity index (χ4v) is 14.3. The third-order valence-electron chi connectivity index (χ3n) is 18.7. The van der Waals surface area contributed by atoms with Crippen molar-refractivity contribution in [3.8, 4) is 17.6 Å². The lowest BCUT2D eigenvalue weighted by atomic mass is 9.55. The van der Waals surface area contributed by atoms with Gasteiger partial charge in [0.25, 0.3) is 6.04 Å². The number of aromatic nitrogens is 7. The van der Waals surface area contributed by atoms with Gasteiger partial charge in [0, 0.05) is 88.8 Å². The average molecular weight is 1070 g/mol. The van der Waals surface area contributed by atoms with Crippen LogP contribution >= 0.6 is 0 Å². The molecule has 13 rings (SSSR count). The Hall–Kier alpha value is -6.17. The Morgan fingerprint density at radius 3 is 1.55 bits per heavy atom. The molecule has 17 heteroatoms. The lowest BCUT2D eigenvalue weighted by Crippen LogP contribution is -2.52. The zero-order valence-electron chi connectivity index (χ0n) is 47.2. The largest absolute Gasteiger partial charge is 0.481 e. The van der Waals surface area contributed by atoms with Gasteiger partial charge >= 0.3 is 0 Å². The van der Waals surface area contributed by atoms with Gasteiger partial charge in [-0.2, -0.15) is 15.0 Å². The summed E-state index contributed by atoms with van der Waals surface area (Å²) >= 11 is 0. The van der Waals surface area contributed by atoms with Crippen LogP contribution in [0.3, 0.4) is 0 Å². The van der Waals surface area contributed by atoms with Crippen LogP contribution in [0.25, 0.3) is 9.69 Å². The minimum Gasteiger partial charge on any atom is -0.481 e. The average Bonchev–Trinajstić information content (AvgIpc) is 4.44. The summed E-state index contributed by atoms with van der Waals surface area (Å²) in [6.45, 7) is 27.7. The van der Waals surface area contributed by atoms with E-state index in [1.54, 1.807) is 26.8 Å². The number of hydroxylamine groups is 1. The number of carbonyl (C=O) groups excluding carboxylic acids is 2. The molecule has 2 N–H and O–H groups in total. The Kier molecular flexibility index (Phi) is 17.0. The van der Waals surface area contributed by atoms with E-state index in [0.717, 1.165) is 122 Å². The van der Waals surface area contributed by atoms with Gasteiger partial charge in [-0.3, -0.25) is 4.79 Å². The Morgan fingerprint density at radius 1 is 0.667 bits per heavy atom. The Bertz CT molecular complexity index is 3030. The number of ketones is 2. The topological polar surface area (TPSA) is 206 Å². The molecule has 10 atom stereocenters. The summed E-state index contributed by atoms with van der Waals surface area (Å²) in [5, 5.41) is 11.4. The van der Waals surface area contributed by atoms with E-state index in [1.165, 1.54) is 44.1 Å². The van der Waals surface area contributed by atoms with Crippen molar-refractivity contribution < 1.29 is 34.9 Å². The highest BCUT2D eigenvalue weighted by atomic mass is 16.5. The van der Waals surface area contributed by atoms with E-state index >= 15 is 0 Å². The Balaban J connectivity index is 0.000000163. The number of allylic oxidation sites excluding steroid dienone is 2. The predicted octanol–water partition coefficient (Wildman–Crippen LogP) is 11.3. The first-order valence-corrected chi connectivity index (χ1v) is 27.2. The van der Waals surface area contributed by atoms with Crippen molar-refractivity contribution in [1.29, 1.82) is 0 Å². The molecule has 0 aliphatic heterocycles. The summed E-state index contributed by atoms with van der Waals surface area (Å²) < 4.78 is 28.1. The summed E-state index contributed by atoms with van der Waals surface area (Å²) in [5.74, 6) is 8.55. The van der Waals surface area contributed by atoms with Crippen LogP contribution in [0.5, 0.6) is 17.6 Å². The van der Waals surface area contributed by atoms with Crippen molar-refractivity contribution in [3.05, 3.63) is 103 Å². The number of nitrogens with one attached hydrogen (secondary N) is 1. The molecule has 9 aliphatic carbocycles. The fraction of sp³-hybridized carbons (Fsp3) is 0.656. The molecule has 17 nitrogen and oxygen atoms in total. The molecule has 4 fully saturated rings. The van der Waals surface area contributed by atoms with E-state index < -0.39 is 11.5 Å². The first kappa shape index (κ1) is 58.0. The Labute approximate surface area is 464 Å². The van der Waals surface area contributed by atoms with Crippen molar-refractivity contribution in [1.82, 2.24) is 40.5 Å². The fourth-order valence-electron chi connectivity index (χ4n) is 14.3. The quantitative estimate of drug-likeness (QED) is 0.136. The van der Waals surface area contributed by atoms with E-state index in [4.69, 9.17) is 58.4 Å². The highest BCUT2D eigenvalue weighted by Crippen LogP contribution is 2.57. The summed E-state index contributed by atoms with van der Waals surface area (Å²) in [6.07, 6.45) is 17.8. The molecule has 4 aromatic rings. The molecule has 0 saturated heterocycles. The molecular weight excluding hydrogens is 985 g/mol. The van der Waals surface area contributed by atoms with Crippen LogP contribution in [0.2, 0.25) is 0 Å². The first-order valence-electron chi connectivity index (χ1n) is 28.2. The molecule has 0 aromatic carbocycles. The highest BCUT2D eigenvalue weighted by molar-refractivity contribution is 6.00. The molecule has 9 aliphatic rings. The summed E-state index contributed by atoms with van der Waals surface area (Å²) in [6, 6.07) is -0.544. The molecule has 1 unspecified atom stereocenters. The third-order valence-corrected chi connectivity index (χ3v) is 18.7. The summed E-state index contributed by atoms with van der Waals surface area (Å²) in [5.41, 5.74) is 9.17. The molecule has 0 spiro atoms. The van der Waals surface area contributed by atoms with Crippen LogP contribution in [0.15, 0.2) is 22.5 Å². The lowest BCUT2D eigenvalue weighted by molar-refractivity contribution is -0.129. The number of nitrogens with zero attached hydrogens (tertiary/aromatic N) is 9. The van der Waals surface area contributed by atoms with E-state index in [2.05, 4.69) is 52.5 Å². The maximum absolute atomic E-state index is 12.5. The van der Waals surface area contributed by atoms with E-state index in [9.17, 15) is 9.59 Å². The summed E-state index contributed by atoms with van der Waals surface area (Å²) in [7, 11) is 7.74. The molecule has 4 heterocycles. The molecule has 78 heavy (non-hydrogen) atoms. The number of carbonyl (C=O) groups is 2. The molecule has 4 saturated carbocycles. The lowest BCUT2D eigenvalue weighted by Gasteiger charge is -2.47. The normalized spacial score (nSPS) is 30.4. The Morgan fingerprint density at radius 2 is 1.10 bits per heavy atom. The van der Waals surface area contributed by atoms with Gasteiger partial charge in [-0.15, -0.1) is 0 Å². The summed E-state index contributed by atoms with van der Waals surface area (Å²) in [4.78, 5) is 61.0. The first-order chi connectivity index (χ1) is 37.0. The van der Waals surface area contributed by atoms with Crippen LogP contribution in [0.1, 0.15) is 216 Å². The second kappa shape index (κ2) is 22.9. The standard InChI is InChI=1S/2C19H23N3O2.C19H21N3O2.CH5NO.3CH4/c1-10-14-7-6-13-16(19(14,2)8-12-9-20-24-15(10)12)21-17(11-4-5-11)22-18(13)23-3;2*1-10-13-8-7-12-16(19(13,2)9-14(20-3)15(10)23)21-17(11-5-6-11)22-18(12)24-4;1-2-3;;;/h9-11,14H,4-8H2,1-3H3;10-11,13-14H,5-9H2,1-2,4H3;9-11,13H,5-8H2,1-2,4H3;2-3H,1H3;3*1H4/t10-,14-,19-;10-,13-,14?,19-;10-,13-,19-;;;;/m000..../s1/i;;;;1T;;. The van der Waals surface area contributed by atoms with Crippen molar-refractivity contribution >= 4 is 11.6 Å². The zero-order valence-corrected chi connectivity index (χ0v) is 46.2. The van der Waals surface area contributed by atoms with Crippen LogP contribution in [-0.4, -0.2) is 86.3 Å². The van der Waals surface area contributed by atoms with Crippen molar-refractivity contribution in [2.45, 2.75) is 200 Å². The van der Waals surface area contributed by atoms with Crippen molar-refractivity contribution in [3.63, 3.8) is 0 Å². The predicted molar refractivity (Wildman–Crippen MR) is 297 cm³/mol. The zero-order chi connectivity index (χ0) is 55.3. The van der Waals surface area contributed by atoms with E-state index in [-0.39, 0.29) is 66.6 Å². The number of Topliss-reactive ketones (excluding diaryl/α,β-unsaturated/α-hetero) is 2. The minimum absolute atomic E-state index is 0. The SMILES string of the molecule is C.C.CNO.COc1nc(C2CC2)nc2c1CC[C@H]1[C@H](C)c3oncc3C[C@]21C.[3H]C.[C-]#[N+]C1=C[C@]2(C)c3nc(C4CC4)nc(OC)c3CC[C@H]2[C@H](C)C1=O.[C-]#[N+]C1C[C@]2(C)c3nc(C4CC4)nc(OC)c3CC[C@H]2[C@H](C)C1=O.